The van der Waals surface area contributed by atoms with Crippen LogP contribution in [0.3, 0.4) is 0 Å². The Balaban J connectivity index is 1.50. The van der Waals surface area contributed by atoms with Gasteiger partial charge in [0, 0.05) is 45.2 Å². The van der Waals surface area contributed by atoms with Crippen LogP contribution in [-0.2, 0) is 20.7 Å². The summed E-state index contributed by atoms with van der Waals surface area (Å²) in [5, 5.41) is 3.19. The molecular formula is C24H37N3O3. The number of rotatable bonds is 10. The van der Waals surface area contributed by atoms with Crippen molar-refractivity contribution >= 4 is 11.8 Å². The van der Waals surface area contributed by atoms with Crippen LogP contribution in [0.1, 0.15) is 38.7 Å². The van der Waals surface area contributed by atoms with Crippen LogP contribution < -0.4 is 5.32 Å². The van der Waals surface area contributed by atoms with Gasteiger partial charge in [0.25, 0.3) is 0 Å². The van der Waals surface area contributed by atoms with Gasteiger partial charge in [-0.3, -0.25) is 14.5 Å². The third-order valence-electron chi connectivity index (χ3n) is 6.69. The number of amides is 2. The first kappa shape index (κ1) is 22.8. The number of hydrogen-bond acceptors (Lipinski definition) is 4. The molecule has 1 aromatic carbocycles. The van der Waals surface area contributed by atoms with Crippen molar-refractivity contribution in [3.05, 3.63) is 35.9 Å². The van der Waals surface area contributed by atoms with Gasteiger partial charge < -0.3 is 15.0 Å². The lowest BCUT2D eigenvalue weighted by atomic mass is 9.92. The molecule has 2 heterocycles. The molecule has 3 rings (SSSR count). The Morgan fingerprint density at radius 3 is 2.53 bits per heavy atom. The van der Waals surface area contributed by atoms with E-state index in [1.165, 1.54) is 5.56 Å². The molecule has 2 saturated heterocycles. The number of nitrogens with zero attached hydrogens (tertiary/aromatic N) is 2. The van der Waals surface area contributed by atoms with Gasteiger partial charge in [0.15, 0.2) is 0 Å². The van der Waals surface area contributed by atoms with Gasteiger partial charge in [0.1, 0.15) is 0 Å². The van der Waals surface area contributed by atoms with E-state index >= 15 is 0 Å². The van der Waals surface area contributed by atoms with Crippen molar-refractivity contribution in [3.63, 3.8) is 0 Å². The Bertz CT molecular complexity index is 672. The van der Waals surface area contributed by atoms with Gasteiger partial charge in [-0.2, -0.15) is 0 Å². The second kappa shape index (κ2) is 11.5. The Labute approximate surface area is 180 Å². The van der Waals surface area contributed by atoms with Gasteiger partial charge in [0.05, 0.1) is 19.1 Å². The van der Waals surface area contributed by atoms with E-state index in [0.29, 0.717) is 38.0 Å². The van der Waals surface area contributed by atoms with Crippen LogP contribution in [0.25, 0.3) is 0 Å². The maximum Gasteiger partial charge on any atom is 0.225 e. The molecule has 0 aliphatic carbocycles. The van der Waals surface area contributed by atoms with Crippen LogP contribution in [0, 0.1) is 11.8 Å². The van der Waals surface area contributed by atoms with E-state index in [1.54, 1.807) is 0 Å². The fourth-order valence-corrected chi connectivity index (χ4v) is 4.76. The van der Waals surface area contributed by atoms with Crippen LogP contribution in [0.4, 0.5) is 0 Å². The first-order valence-corrected chi connectivity index (χ1v) is 11.5. The molecule has 6 heteroatoms. The number of carbonyl (C=O) groups excluding carboxylic acids is 2. The molecule has 166 valence electrons. The van der Waals surface area contributed by atoms with E-state index in [9.17, 15) is 9.59 Å². The van der Waals surface area contributed by atoms with Gasteiger partial charge in [-0.15, -0.1) is 0 Å². The number of carbonyl (C=O) groups is 2. The molecule has 2 amide bonds. The van der Waals surface area contributed by atoms with Crippen LogP contribution in [0.2, 0.25) is 0 Å². The number of benzene rings is 1. The average molecular weight is 416 g/mol. The molecule has 0 radical (unpaired) electrons. The Morgan fingerprint density at radius 2 is 1.87 bits per heavy atom. The Morgan fingerprint density at radius 1 is 1.17 bits per heavy atom. The van der Waals surface area contributed by atoms with Gasteiger partial charge in [-0.05, 0) is 17.9 Å². The zero-order valence-corrected chi connectivity index (χ0v) is 18.5. The summed E-state index contributed by atoms with van der Waals surface area (Å²) in [6, 6.07) is 10.5. The Kier molecular flexibility index (Phi) is 8.70. The summed E-state index contributed by atoms with van der Waals surface area (Å²) in [6.45, 7) is 9.68. The Hall–Kier alpha value is -1.92. The SMILES string of the molecule is CCC(CC)C(CNC(=O)C1CC(=O)N(CCc2ccccc2)C1)N1CCOCC1. The largest absolute Gasteiger partial charge is 0.379 e. The van der Waals surface area contributed by atoms with Crippen molar-refractivity contribution < 1.29 is 14.3 Å². The normalized spacial score (nSPS) is 21.2. The van der Waals surface area contributed by atoms with Crippen LogP contribution in [-0.4, -0.2) is 73.6 Å². The minimum Gasteiger partial charge on any atom is -0.379 e. The standard InChI is InChI=1S/C24H37N3O3/c1-3-20(4-2)22(26-12-14-30-15-13-26)17-25-24(29)21-16-23(28)27(18-21)11-10-19-8-6-5-7-9-19/h5-9,20-22H,3-4,10-18H2,1-2H3,(H,25,29). The third-order valence-corrected chi connectivity index (χ3v) is 6.69. The van der Waals surface area contributed by atoms with Crippen molar-refractivity contribution in [2.75, 3.05) is 45.9 Å². The van der Waals surface area contributed by atoms with E-state index in [2.05, 4.69) is 36.2 Å². The van der Waals surface area contributed by atoms with Crippen LogP contribution in [0.5, 0.6) is 0 Å². The summed E-state index contributed by atoms with van der Waals surface area (Å²) in [5.74, 6) is 0.432. The molecule has 0 aromatic heterocycles. The first-order valence-electron chi connectivity index (χ1n) is 11.5. The summed E-state index contributed by atoms with van der Waals surface area (Å²) < 4.78 is 5.51. The highest BCUT2D eigenvalue weighted by Crippen LogP contribution is 2.21. The predicted octanol–water partition coefficient (Wildman–Crippen LogP) is 2.33. The molecule has 0 spiro atoms. The van der Waals surface area contributed by atoms with Crippen molar-refractivity contribution in [2.24, 2.45) is 11.8 Å². The zero-order valence-electron chi connectivity index (χ0n) is 18.5. The number of likely N-dealkylation sites (tertiary alicyclic amines) is 1. The molecule has 0 saturated carbocycles. The monoisotopic (exact) mass is 415 g/mol. The van der Waals surface area contributed by atoms with Gasteiger partial charge in [-0.1, -0.05) is 57.0 Å². The van der Waals surface area contributed by atoms with Crippen molar-refractivity contribution in [3.8, 4) is 0 Å². The van der Waals surface area contributed by atoms with Gasteiger partial charge >= 0.3 is 0 Å². The van der Waals surface area contributed by atoms with E-state index in [-0.39, 0.29) is 17.7 Å². The summed E-state index contributed by atoms with van der Waals surface area (Å²) >= 11 is 0. The van der Waals surface area contributed by atoms with E-state index in [1.807, 2.05) is 23.1 Å². The zero-order chi connectivity index (χ0) is 21.3. The lowest BCUT2D eigenvalue weighted by Crippen LogP contribution is -2.52. The number of ether oxygens (including phenoxy) is 1. The maximum absolute atomic E-state index is 12.9. The summed E-state index contributed by atoms with van der Waals surface area (Å²) in [5.41, 5.74) is 1.22. The molecule has 2 aliphatic heterocycles. The number of morpholine rings is 1. The molecule has 2 atom stereocenters. The van der Waals surface area contributed by atoms with Crippen molar-refractivity contribution in [2.45, 2.75) is 45.6 Å². The molecule has 1 aromatic rings. The number of nitrogens with one attached hydrogen (secondary N) is 1. The van der Waals surface area contributed by atoms with E-state index in [0.717, 1.165) is 45.6 Å². The molecule has 0 bridgehead atoms. The molecule has 2 unspecified atom stereocenters. The highest BCUT2D eigenvalue weighted by molar-refractivity contribution is 5.89. The third kappa shape index (κ3) is 6.05. The molecular weight excluding hydrogens is 378 g/mol. The van der Waals surface area contributed by atoms with Crippen molar-refractivity contribution in [1.82, 2.24) is 15.1 Å². The number of hydrogen-bond donors (Lipinski definition) is 1. The molecule has 6 nitrogen and oxygen atoms in total. The lowest BCUT2D eigenvalue weighted by molar-refractivity contribution is -0.129. The highest BCUT2D eigenvalue weighted by Gasteiger charge is 2.35. The second-order valence-corrected chi connectivity index (χ2v) is 8.51. The van der Waals surface area contributed by atoms with Crippen LogP contribution >= 0.6 is 0 Å². The summed E-state index contributed by atoms with van der Waals surface area (Å²) in [4.78, 5) is 29.6. The lowest BCUT2D eigenvalue weighted by Gasteiger charge is -2.39. The minimum absolute atomic E-state index is 0.0229. The maximum atomic E-state index is 12.9. The molecule has 30 heavy (non-hydrogen) atoms. The average Bonchev–Trinajstić information content (AvgIpc) is 3.17. The van der Waals surface area contributed by atoms with Crippen molar-refractivity contribution in [1.29, 1.82) is 0 Å². The fraction of sp³-hybridized carbons (Fsp3) is 0.667. The van der Waals surface area contributed by atoms with Gasteiger partial charge in [0.2, 0.25) is 11.8 Å². The first-order chi connectivity index (χ1) is 14.6. The van der Waals surface area contributed by atoms with E-state index in [4.69, 9.17) is 4.74 Å². The summed E-state index contributed by atoms with van der Waals surface area (Å²) in [6.07, 6.45) is 3.36. The van der Waals surface area contributed by atoms with Crippen LogP contribution in [0.15, 0.2) is 30.3 Å². The highest BCUT2D eigenvalue weighted by atomic mass is 16.5. The smallest absolute Gasteiger partial charge is 0.225 e. The predicted molar refractivity (Wildman–Crippen MR) is 118 cm³/mol. The molecule has 2 fully saturated rings. The van der Waals surface area contributed by atoms with Gasteiger partial charge in [-0.25, -0.2) is 0 Å². The fourth-order valence-electron chi connectivity index (χ4n) is 4.76. The summed E-state index contributed by atoms with van der Waals surface area (Å²) in [7, 11) is 0. The molecule has 2 aliphatic rings. The second-order valence-electron chi connectivity index (χ2n) is 8.51. The topological polar surface area (TPSA) is 61.9 Å². The molecule has 1 N–H and O–H groups in total. The quantitative estimate of drug-likeness (QED) is 0.637. The minimum atomic E-state index is -0.236. The van der Waals surface area contributed by atoms with E-state index < -0.39 is 0 Å².